The van der Waals surface area contributed by atoms with E-state index in [2.05, 4.69) is 51.8 Å². The average molecular weight is 310 g/mol. The molecule has 0 saturated carbocycles. The number of pyridine rings is 1. The number of hydrogen-bond acceptors (Lipinski definition) is 3. The molecular formula is C14H20BrN3. The van der Waals surface area contributed by atoms with Gasteiger partial charge in [0.05, 0.1) is 6.07 Å². The highest BCUT2D eigenvalue weighted by atomic mass is 79.9. The van der Waals surface area contributed by atoms with Crippen LogP contribution < -0.4 is 0 Å². The molecule has 3 nitrogen and oxygen atoms in total. The summed E-state index contributed by atoms with van der Waals surface area (Å²) in [5.74, 6) is 0. The molecule has 0 aliphatic carbocycles. The summed E-state index contributed by atoms with van der Waals surface area (Å²) in [6.45, 7) is 7.08. The normalized spacial score (nSPS) is 11.5. The van der Waals surface area contributed by atoms with Crippen molar-refractivity contribution in [3.63, 3.8) is 0 Å². The van der Waals surface area contributed by atoms with Crippen LogP contribution in [0.4, 0.5) is 0 Å². The monoisotopic (exact) mass is 309 g/mol. The Morgan fingerprint density at radius 3 is 2.83 bits per heavy atom. The molecule has 0 aliphatic heterocycles. The predicted molar refractivity (Wildman–Crippen MR) is 77.3 cm³/mol. The maximum absolute atomic E-state index is 8.74. The summed E-state index contributed by atoms with van der Waals surface area (Å²) in [5.41, 5.74) is 1.40. The molecule has 0 N–H and O–H groups in total. The van der Waals surface area contributed by atoms with Gasteiger partial charge in [-0.2, -0.15) is 5.26 Å². The number of rotatable bonds is 7. The summed E-state index contributed by atoms with van der Waals surface area (Å²) in [6, 6.07) is 6.25. The van der Waals surface area contributed by atoms with Gasteiger partial charge in [-0.15, -0.1) is 0 Å². The number of alkyl halides is 1. The lowest BCUT2D eigenvalue weighted by Crippen LogP contribution is -2.35. The van der Waals surface area contributed by atoms with Crippen LogP contribution in [0.1, 0.15) is 25.8 Å². The molecule has 0 spiro atoms. The number of nitrogens with zero attached hydrogens (tertiary/aromatic N) is 3. The van der Waals surface area contributed by atoms with Crippen LogP contribution in [0.15, 0.2) is 24.5 Å². The Morgan fingerprint density at radius 1 is 1.50 bits per heavy atom. The van der Waals surface area contributed by atoms with Gasteiger partial charge in [0.15, 0.2) is 0 Å². The maximum atomic E-state index is 8.74. The standard InChI is InChI=1S/C14H20BrN3/c1-14(2,11-15)12-18(8-4-6-16)10-13-5-3-7-17-9-13/h3,5,7,9H,4,8,10-12H2,1-2H3. The van der Waals surface area contributed by atoms with E-state index in [1.807, 2.05) is 12.3 Å². The third kappa shape index (κ3) is 5.61. The van der Waals surface area contributed by atoms with E-state index >= 15 is 0 Å². The molecule has 0 aromatic carbocycles. The van der Waals surface area contributed by atoms with Gasteiger partial charge in [0.2, 0.25) is 0 Å². The van der Waals surface area contributed by atoms with Gasteiger partial charge in [-0.3, -0.25) is 9.88 Å². The predicted octanol–water partition coefficient (Wildman–Crippen LogP) is 3.22. The minimum atomic E-state index is 0.206. The Morgan fingerprint density at radius 2 is 2.28 bits per heavy atom. The molecule has 0 atom stereocenters. The molecule has 0 fully saturated rings. The van der Waals surface area contributed by atoms with Crippen molar-refractivity contribution < 1.29 is 0 Å². The fourth-order valence-corrected chi connectivity index (χ4v) is 2.00. The van der Waals surface area contributed by atoms with E-state index in [0.717, 1.165) is 25.0 Å². The average Bonchev–Trinajstić information content (AvgIpc) is 2.37. The Balaban J connectivity index is 2.64. The van der Waals surface area contributed by atoms with Gasteiger partial charge in [-0.05, 0) is 17.0 Å². The van der Waals surface area contributed by atoms with E-state index in [-0.39, 0.29) is 5.41 Å². The molecule has 18 heavy (non-hydrogen) atoms. The molecule has 4 heteroatoms. The Kier molecular flexibility index (Phi) is 6.31. The van der Waals surface area contributed by atoms with E-state index in [0.29, 0.717) is 6.42 Å². The second-order valence-electron chi connectivity index (χ2n) is 5.28. The van der Waals surface area contributed by atoms with Crippen LogP contribution in [0.2, 0.25) is 0 Å². The Bertz CT molecular complexity index is 384. The third-order valence-electron chi connectivity index (χ3n) is 2.68. The van der Waals surface area contributed by atoms with Crippen LogP contribution in [0, 0.1) is 16.7 Å². The molecule has 1 aromatic heterocycles. The van der Waals surface area contributed by atoms with Crippen LogP contribution in [0.25, 0.3) is 0 Å². The van der Waals surface area contributed by atoms with E-state index < -0.39 is 0 Å². The van der Waals surface area contributed by atoms with E-state index in [1.54, 1.807) is 6.20 Å². The highest BCUT2D eigenvalue weighted by Gasteiger charge is 2.20. The van der Waals surface area contributed by atoms with Crippen molar-refractivity contribution >= 4 is 15.9 Å². The van der Waals surface area contributed by atoms with Crippen LogP contribution in [0.5, 0.6) is 0 Å². The molecule has 1 rings (SSSR count). The number of nitriles is 1. The van der Waals surface area contributed by atoms with Crippen molar-refractivity contribution in [2.24, 2.45) is 5.41 Å². The van der Waals surface area contributed by atoms with Gasteiger partial charge in [0.1, 0.15) is 0 Å². The van der Waals surface area contributed by atoms with Gasteiger partial charge in [0, 0.05) is 43.8 Å². The summed E-state index contributed by atoms with van der Waals surface area (Å²) in [4.78, 5) is 6.45. The quantitative estimate of drug-likeness (QED) is 0.726. The summed E-state index contributed by atoms with van der Waals surface area (Å²) >= 11 is 3.55. The molecule has 1 aromatic rings. The lowest BCUT2D eigenvalue weighted by Gasteiger charge is -2.31. The highest BCUT2D eigenvalue weighted by molar-refractivity contribution is 9.09. The second kappa shape index (κ2) is 7.50. The van der Waals surface area contributed by atoms with Crippen molar-refractivity contribution in [2.75, 3.05) is 18.4 Å². The zero-order valence-corrected chi connectivity index (χ0v) is 12.7. The minimum Gasteiger partial charge on any atom is -0.297 e. The molecule has 0 unspecified atom stereocenters. The van der Waals surface area contributed by atoms with Crippen LogP contribution in [-0.2, 0) is 6.54 Å². The minimum absolute atomic E-state index is 0.206. The molecule has 0 bridgehead atoms. The first-order valence-corrected chi connectivity index (χ1v) is 7.24. The van der Waals surface area contributed by atoms with Gasteiger partial charge in [-0.1, -0.05) is 35.8 Å². The zero-order valence-electron chi connectivity index (χ0n) is 11.1. The summed E-state index contributed by atoms with van der Waals surface area (Å²) < 4.78 is 0. The maximum Gasteiger partial charge on any atom is 0.0635 e. The summed E-state index contributed by atoms with van der Waals surface area (Å²) in [5, 5.41) is 9.69. The first-order valence-electron chi connectivity index (χ1n) is 6.11. The van der Waals surface area contributed by atoms with Crippen molar-refractivity contribution in [3.8, 4) is 6.07 Å². The molecule has 0 amide bonds. The van der Waals surface area contributed by atoms with Crippen molar-refractivity contribution in [1.29, 1.82) is 5.26 Å². The largest absolute Gasteiger partial charge is 0.297 e. The molecule has 0 saturated heterocycles. The van der Waals surface area contributed by atoms with E-state index in [1.165, 1.54) is 5.56 Å². The van der Waals surface area contributed by atoms with Crippen LogP contribution in [0.3, 0.4) is 0 Å². The SMILES string of the molecule is CC(C)(CBr)CN(CCC#N)Cc1cccnc1. The molecule has 0 radical (unpaired) electrons. The number of hydrogen-bond donors (Lipinski definition) is 0. The third-order valence-corrected chi connectivity index (χ3v) is 4.20. The molecule has 98 valence electrons. The fourth-order valence-electron chi connectivity index (χ4n) is 1.82. The molecule has 0 aliphatic rings. The second-order valence-corrected chi connectivity index (χ2v) is 5.84. The smallest absolute Gasteiger partial charge is 0.0635 e. The van der Waals surface area contributed by atoms with Crippen LogP contribution in [-0.4, -0.2) is 28.3 Å². The van der Waals surface area contributed by atoms with Crippen LogP contribution >= 0.6 is 15.9 Å². The first-order chi connectivity index (χ1) is 8.57. The topological polar surface area (TPSA) is 39.9 Å². The van der Waals surface area contributed by atoms with E-state index in [4.69, 9.17) is 5.26 Å². The highest BCUT2D eigenvalue weighted by Crippen LogP contribution is 2.21. The van der Waals surface area contributed by atoms with E-state index in [9.17, 15) is 0 Å². The van der Waals surface area contributed by atoms with Crippen molar-refractivity contribution in [3.05, 3.63) is 30.1 Å². The van der Waals surface area contributed by atoms with Crippen molar-refractivity contribution in [1.82, 2.24) is 9.88 Å². The fraction of sp³-hybridized carbons (Fsp3) is 0.571. The molecule has 1 heterocycles. The Hall–Kier alpha value is -0.920. The van der Waals surface area contributed by atoms with Gasteiger partial charge in [0.25, 0.3) is 0 Å². The Labute approximate surface area is 118 Å². The zero-order chi connectivity index (χ0) is 13.4. The van der Waals surface area contributed by atoms with Gasteiger partial charge in [-0.25, -0.2) is 0 Å². The number of halogens is 1. The first kappa shape index (κ1) is 15.1. The summed E-state index contributed by atoms with van der Waals surface area (Å²) in [6.07, 6.45) is 4.24. The summed E-state index contributed by atoms with van der Waals surface area (Å²) in [7, 11) is 0. The van der Waals surface area contributed by atoms with Gasteiger partial charge >= 0.3 is 0 Å². The lowest BCUT2D eigenvalue weighted by molar-refractivity contribution is 0.191. The number of aromatic nitrogens is 1. The molecular weight excluding hydrogens is 290 g/mol. The lowest BCUT2D eigenvalue weighted by atomic mass is 9.95. The van der Waals surface area contributed by atoms with Gasteiger partial charge < -0.3 is 0 Å². The van der Waals surface area contributed by atoms with Crippen molar-refractivity contribution in [2.45, 2.75) is 26.8 Å².